The fourth-order valence-corrected chi connectivity index (χ4v) is 3.74. The molecule has 32 heavy (non-hydrogen) atoms. The van der Waals surface area contributed by atoms with Gasteiger partial charge in [0.2, 0.25) is 11.8 Å². The number of benzene rings is 2. The number of non-ortho nitro benzene ring substituents is 1. The predicted molar refractivity (Wildman–Crippen MR) is 110 cm³/mol. The first-order valence-corrected chi connectivity index (χ1v) is 10.2. The van der Waals surface area contributed by atoms with Gasteiger partial charge in [-0.2, -0.15) is 13.2 Å². The van der Waals surface area contributed by atoms with Crippen LogP contribution in [0.15, 0.2) is 70.4 Å². The molecule has 2 heterocycles. The van der Waals surface area contributed by atoms with E-state index in [0.29, 0.717) is 16.8 Å². The molecule has 2 aromatic carbocycles. The first-order chi connectivity index (χ1) is 15.3. The van der Waals surface area contributed by atoms with Crippen LogP contribution in [0.2, 0.25) is 0 Å². The van der Waals surface area contributed by atoms with Gasteiger partial charge in [0.25, 0.3) is 5.69 Å². The SMILES string of the molecule is O=[N+]([O-])c1ccc(-c2nnc(CSc3ncc(-c4ccccc4)n3CC(F)(F)F)o2)cc1. The molecule has 0 saturated heterocycles. The normalized spacial score (nSPS) is 11.6. The average molecular weight is 461 g/mol. The Kier molecular flexibility index (Phi) is 5.95. The van der Waals surface area contributed by atoms with Gasteiger partial charge in [-0.25, -0.2) is 4.98 Å². The second-order valence-electron chi connectivity index (χ2n) is 6.59. The van der Waals surface area contributed by atoms with Crippen LogP contribution in [0.1, 0.15) is 5.89 Å². The lowest BCUT2D eigenvalue weighted by molar-refractivity contribution is -0.384. The van der Waals surface area contributed by atoms with Gasteiger partial charge >= 0.3 is 6.18 Å². The van der Waals surface area contributed by atoms with E-state index in [9.17, 15) is 23.3 Å². The maximum absolute atomic E-state index is 13.2. The largest absolute Gasteiger partial charge is 0.420 e. The average Bonchev–Trinajstić information content (AvgIpc) is 3.39. The van der Waals surface area contributed by atoms with Crippen molar-refractivity contribution >= 4 is 17.4 Å². The number of nitro benzene ring substituents is 1. The molecule has 0 bridgehead atoms. The summed E-state index contributed by atoms with van der Waals surface area (Å²) in [5, 5.41) is 18.7. The third-order valence-electron chi connectivity index (χ3n) is 4.34. The molecule has 2 aromatic heterocycles. The fourth-order valence-electron chi connectivity index (χ4n) is 2.93. The first-order valence-electron chi connectivity index (χ1n) is 9.18. The van der Waals surface area contributed by atoms with E-state index in [0.717, 1.165) is 16.3 Å². The second kappa shape index (κ2) is 8.83. The fraction of sp³-hybridized carbons (Fsp3) is 0.150. The predicted octanol–water partition coefficient (Wildman–Crippen LogP) is 5.36. The highest BCUT2D eigenvalue weighted by atomic mass is 32.2. The van der Waals surface area contributed by atoms with Crippen LogP contribution in [0.3, 0.4) is 0 Å². The van der Waals surface area contributed by atoms with Gasteiger partial charge in [-0.05, 0) is 17.7 Å². The molecule has 0 N–H and O–H groups in total. The number of imidazole rings is 1. The molecule has 8 nitrogen and oxygen atoms in total. The standard InChI is InChI=1S/C20H14F3N5O3S/c21-20(22,23)12-27-16(13-4-2-1-3-5-13)10-24-19(27)32-11-17-25-26-18(31-17)14-6-8-15(9-7-14)28(29)30/h1-10H,11-12H2. The number of nitro groups is 1. The molecule has 0 atom stereocenters. The lowest BCUT2D eigenvalue weighted by Gasteiger charge is -2.13. The Labute approximate surface area is 183 Å². The van der Waals surface area contributed by atoms with Crippen molar-refractivity contribution in [3.05, 3.63) is 76.8 Å². The molecule has 0 saturated carbocycles. The Morgan fingerprint density at radius 2 is 1.75 bits per heavy atom. The van der Waals surface area contributed by atoms with E-state index in [2.05, 4.69) is 15.2 Å². The molecule has 164 valence electrons. The van der Waals surface area contributed by atoms with Gasteiger partial charge in [0.15, 0.2) is 5.16 Å². The van der Waals surface area contributed by atoms with Gasteiger partial charge in [-0.3, -0.25) is 10.1 Å². The summed E-state index contributed by atoms with van der Waals surface area (Å²) < 4.78 is 46.2. The Hall–Kier alpha value is -3.67. The van der Waals surface area contributed by atoms with Crippen LogP contribution in [0.5, 0.6) is 0 Å². The zero-order valence-electron chi connectivity index (χ0n) is 16.2. The molecule has 0 aliphatic carbocycles. The van der Waals surface area contributed by atoms with Crippen molar-refractivity contribution in [1.29, 1.82) is 0 Å². The number of nitrogens with zero attached hydrogens (tertiary/aromatic N) is 5. The van der Waals surface area contributed by atoms with Crippen molar-refractivity contribution in [3.8, 4) is 22.7 Å². The third kappa shape index (κ3) is 4.97. The van der Waals surface area contributed by atoms with E-state index in [1.807, 2.05) is 0 Å². The van der Waals surface area contributed by atoms with Crippen molar-refractivity contribution < 1.29 is 22.5 Å². The summed E-state index contributed by atoms with van der Waals surface area (Å²) in [6, 6.07) is 14.3. The van der Waals surface area contributed by atoms with Crippen LogP contribution in [-0.2, 0) is 12.3 Å². The van der Waals surface area contributed by atoms with Gasteiger partial charge in [-0.15, -0.1) is 10.2 Å². The number of rotatable bonds is 7. The van der Waals surface area contributed by atoms with Crippen molar-refractivity contribution in [2.75, 3.05) is 0 Å². The maximum Gasteiger partial charge on any atom is 0.406 e. The number of aromatic nitrogens is 4. The van der Waals surface area contributed by atoms with Crippen LogP contribution in [0.4, 0.5) is 18.9 Å². The Balaban J connectivity index is 1.53. The van der Waals surface area contributed by atoms with Crippen LogP contribution < -0.4 is 0 Å². The second-order valence-corrected chi connectivity index (χ2v) is 7.53. The van der Waals surface area contributed by atoms with E-state index in [4.69, 9.17) is 4.42 Å². The van der Waals surface area contributed by atoms with Crippen molar-refractivity contribution in [2.45, 2.75) is 23.6 Å². The highest BCUT2D eigenvalue weighted by Crippen LogP contribution is 2.31. The zero-order valence-corrected chi connectivity index (χ0v) is 17.0. The summed E-state index contributed by atoms with van der Waals surface area (Å²) in [5.41, 5.74) is 1.39. The van der Waals surface area contributed by atoms with Crippen molar-refractivity contribution in [1.82, 2.24) is 19.7 Å². The summed E-state index contributed by atoms with van der Waals surface area (Å²) in [7, 11) is 0. The first kappa shape index (κ1) is 21.6. The zero-order chi connectivity index (χ0) is 22.7. The minimum Gasteiger partial charge on any atom is -0.420 e. The minimum atomic E-state index is -4.42. The van der Waals surface area contributed by atoms with Crippen LogP contribution in [0, 0.1) is 10.1 Å². The highest BCUT2D eigenvalue weighted by molar-refractivity contribution is 7.98. The Bertz CT molecular complexity index is 1220. The topological polar surface area (TPSA) is 99.9 Å². The molecule has 0 amide bonds. The molecular formula is C20H14F3N5O3S. The summed E-state index contributed by atoms with van der Waals surface area (Å²) in [5.74, 6) is 0.439. The van der Waals surface area contributed by atoms with E-state index < -0.39 is 17.6 Å². The van der Waals surface area contributed by atoms with Crippen molar-refractivity contribution in [2.24, 2.45) is 0 Å². The van der Waals surface area contributed by atoms with Crippen LogP contribution in [0.25, 0.3) is 22.7 Å². The maximum atomic E-state index is 13.2. The minimum absolute atomic E-state index is 0.0743. The number of halogens is 3. The molecule has 0 aliphatic rings. The molecule has 0 fully saturated rings. The van der Waals surface area contributed by atoms with E-state index in [1.54, 1.807) is 30.3 Å². The molecule has 4 rings (SSSR count). The van der Waals surface area contributed by atoms with Crippen LogP contribution in [-0.4, -0.2) is 30.8 Å². The molecule has 0 radical (unpaired) electrons. The van der Waals surface area contributed by atoms with Gasteiger partial charge in [0.05, 0.1) is 22.6 Å². The van der Waals surface area contributed by atoms with Crippen molar-refractivity contribution in [3.63, 3.8) is 0 Å². The van der Waals surface area contributed by atoms with Gasteiger partial charge in [-0.1, -0.05) is 42.1 Å². The smallest absolute Gasteiger partial charge is 0.406 e. The van der Waals surface area contributed by atoms with Gasteiger partial charge < -0.3 is 8.98 Å². The Morgan fingerprint density at radius 1 is 1.03 bits per heavy atom. The molecule has 4 aromatic rings. The quantitative estimate of drug-likeness (QED) is 0.207. The van der Waals surface area contributed by atoms with E-state index >= 15 is 0 Å². The molecule has 0 unspecified atom stereocenters. The van der Waals surface area contributed by atoms with Gasteiger partial charge in [0, 0.05) is 17.7 Å². The summed E-state index contributed by atoms with van der Waals surface area (Å²) in [6.45, 7) is -1.18. The highest BCUT2D eigenvalue weighted by Gasteiger charge is 2.31. The lowest BCUT2D eigenvalue weighted by atomic mass is 10.2. The number of alkyl halides is 3. The molecule has 12 heteroatoms. The summed E-state index contributed by atoms with van der Waals surface area (Å²) in [4.78, 5) is 14.4. The molecular weight excluding hydrogens is 447 g/mol. The molecule has 0 spiro atoms. The monoisotopic (exact) mass is 461 g/mol. The van der Waals surface area contributed by atoms with Crippen LogP contribution >= 0.6 is 11.8 Å². The van der Waals surface area contributed by atoms with E-state index in [1.165, 1.54) is 30.5 Å². The van der Waals surface area contributed by atoms with E-state index in [-0.39, 0.29) is 28.4 Å². The van der Waals surface area contributed by atoms with Gasteiger partial charge in [0.1, 0.15) is 6.54 Å². The molecule has 0 aliphatic heterocycles. The lowest BCUT2D eigenvalue weighted by Crippen LogP contribution is -2.19. The Morgan fingerprint density at radius 3 is 2.41 bits per heavy atom. The number of hydrogen-bond donors (Lipinski definition) is 0. The number of thioether (sulfide) groups is 1. The summed E-state index contributed by atoms with van der Waals surface area (Å²) in [6.07, 6.45) is -3.02. The number of hydrogen-bond acceptors (Lipinski definition) is 7. The summed E-state index contributed by atoms with van der Waals surface area (Å²) >= 11 is 1.04. The third-order valence-corrected chi connectivity index (χ3v) is 5.32.